The monoisotopic (exact) mass is 284 g/mol. The lowest BCUT2D eigenvalue weighted by Crippen LogP contribution is -2.31. The third-order valence-corrected chi connectivity index (χ3v) is 3.18. The lowest BCUT2D eigenvalue weighted by Gasteiger charge is -2.16. The van der Waals surface area contributed by atoms with E-state index in [0.717, 1.165) is 18.7 Å². The Hall–Kier alpha value is -2.24. The van der Waals surface area contributed by atoms with Gasteiger partial charge in [-0.3, -0.25) is 20.1 Å². The molecule has 2 aromatic rings. The molecule has 1 aromatic heterocycles. The van der Waals surface area contributed by atoms with Crippen molar-refractivity contribution in [3.63, 3.8) is 0 Å². The molecule has 2 rings (SSSR count). The third-order valence-electron chi connectivity index (χ3n) is 3.18. The zero-order chi connectivity index (χ0) is 15.1. The number of nitrogens with one attached hydrogen (secondary N) is 1. The Morgan fingerprint density at radius 1 is 1.14 bits per heavy atom. The molecule has 0 radical (unpaired) electrons. The molecule has 5 heteroatoms. The van der Waals surface area contributed by atoms with E-state index in [2.05, 4.69) is 28.4 Å². The van der Waals surface area contributed by atoms with Gasteiger partial charge < -0.3 is 0 Å². The van der Waals surface area contributed by atoms with Crippen molar-refractivity contribution >= 4 is 5.91 Å². The molecule has 0 aliphatic rings. The van der Waals surface area contributed by atoms with Gasteiger partial charge in [-0.2, -0.15) is 0 Å². The number of pyridine rings is 1. The Morgan fingerprint density at radius 2 is 1.81 bits per heavy atom. The molecule has 1 amide bonds. The fourth-order valence-corrected chi connectivity index (χ4v) is 2.17. The molecule has 21 heavy (non-hydrogen) atoms. The van der Waals surface area contributed by atoms with E-state index in [1.807, 2.05) is 36.5 Å². The van der Waals surface area contributed by atoms with Gasteiger partial charge in [0, 0.05) is 25.5 Å². The number of aromatic nitrogens is 1. The van der Waals surface area contributed by atoms with E-state index in [9.17, 15) is 4.79 Å². The fraction of sp³-hybridized carbons (Fsp3) is 0.250. The summed E-state index contributed by atoms with van der Waals surface area (Å²) in [6.07, 6.45) is 3.97. The van der Waals surface area contributed by atoms with Crippen molar-refractivity contribution < 1.29 is 4.79 Å². The number of hydrogen-bond donors (Lipinski definition) is 2. The fourth-order valence-electron chi connectivity index (χ4n) is 2.17. The van der Waals surface area contributed by atoms with Gasteiger partial charge in [-0.15, -0.1) is 0 Å². The van der Waals surface area contributed by atoms with E-state index in [0.29, 0.717) is 6.42 Å². The largest absolute Gasteiger partial charge is 0.298 e. The molecule has 0 saturated carbocycles. The Balaban J connectivity index is 1.89. The molecule has 5 nitrogen and oxygen atoms in total. The smallest absolute Gasteiger partial charge is 0.238 e. The number of carbonyl (C=O) groups is 1. The minimum Gasteiger partial charge on any atom is -0.298 e. The Kier molecular flexibility index (Phi) is 5.43. The highest BCUT2D eigenvalue weighted by Gasteiger charge is 2.04. The van der Waals surface area contributed by atoms with Crippen molar-refractivity contribution in [2.75, 3.05) is 7.05 Å². The first-order valence-electron chi connectivity index (χ1n) is 6.82. The van der Waals surface area contributed by atoms with Gasteiger partial charge in [-0.05, 0) is 29.8 Å². The highest BCUT2D eigenvalue weighted by molar-refractivity contribution is 5.77. The van der Waals surface area contributed by atoms with Gasteiger partial charge in [0.2, 0.25) is 5.91 Å². The van der Waals surface area contributed by atoms with Crippen LogP contribution in [-0.4, -0.2) is 22.8 Å². The third kappa shape index (κ3) is 4.98. The number of benzene rings is 1. The lowest BCUT2D eigenvalue weighted by molar-refractivity contribution is -0.120. The first-order valence-corrected chi connectivity index (χ1v) is 6.82. The molecule has 110 valence electrons. The van der Waals surface area contributed by atoms with E-state index in [4.69, 9.17) is 5.84 Å². The molecule has 0 saturated heterocycles. The van der Waals surface area contributed by atoms with Crippen LogP contribution in [0.2, 0.25) is 0 Å². The van der Waals surface area contributed by atoms with Crippen LogP contribution >= 0.6 is 0 Å². The minimum absolute atomic E-state index is 0.184. The van der Waals surface area contributed by atoms with Crippen molar-refractivity contribution in [1.29, 1.82) is 0 Å². The number of amides is 1. The van der Waals surface area contributed by atoms with E-state index in [1.54, 1.807) is 6.20 Å². The summed E-state index contributed by atoms with van der Waals surface area (Å²) >= 11 is 0. The normalized spacial score (nSPS) is 10.6. The molecule has 0 spiro atoms. The lowest BCUT2D eigenvalue weighted by atomic mass is 10.1. The number of hydrazine groups is 1. The molecule has 1 aromatic carbocycles. The zero-order valence-electron chi connectivity index (χ0n) is 12.1. The standard InChI is InChI=1S/C16H20N4O/c1-20(12-15-3-2-8-18-10-15)11-14-6-4-13(5-7-14)9-16(21)19-17/h2-8,10H,9,11-12,17H2,1H3,(H,19,21). The van der Waals surface area contributed by atoms with Crippen LogP contribution < -0.4 is 11.3 Å². The van der Waals surface area contributed by atoms with Gasteiger partial charge in [0.25, 0.3) is 0 Å². The van der Waals surface area contributed by atoms with Gasteiger partial charge in [0.05, 0.1) is 6.42 Å². The predicted octanol–water partition coefficient (Wildman–Crippen LogP) is 1.25. The number of nitrogens with zero attached hydrogens (tertiary/aromatic N) is 2. The van der Waals surface area contributed by atoms with Gasteiger partial charge >= 0.3 is 0 Å². The van der Waals surface area contributed by atoms with Crippen molar-refractivity contribution in [2.45, 2.75) is 19.5 Å². The molecule has 0 aliphatic carbocycles. The summed E-state index contributed by atoms with van der Waals surface area (Å²) in [5, 5.41) is 0. The number of carbonyl (C=O) groups excluding carboxylic acids is 1. The van der Waals surface area contributed by atoms with Crippen molar-refractivity contribution in [2.24, 2.45) is 5.84 Å². The number of rotatable bonds is 6. The maximum Gasteiger partial charge on any atom is 0.238 e. The van der Waals surface area contributed by atoms with Crippen molar-refractivity contribution in [1.82, 2.24) is 15.3 Å². The maximum absolute atomic E-state index is 11.2. The first-order chi connectivity index (χ1) is 10.2. The van der Waals surface area contributed by atoms with Crippen LogP contribution in [0.15, 0.2) is 48.8 Å². The van der Waals surface area contributed by atoms with E-state index in [1.165, 1.54) is 11.1 Å². The Morgan fingerprint density at radius 3 is 2.43 bits per heavy atom. The van der Waals surface area contributed by atoms with E-state index in [-0.39, 0.29) is 5.91 Å². The van der Waals surface area contributed by atoms with E-state index >= 15 is 0 Å². The van der Waals surface area contributed by atoms with Gasteiger partial charge in [0.1, 0.15) is 0 Å². The number of hydrogen-bond acceptors (Lipinski definition) is 4. The quantitative estimate of drug-likeness (QED) is 0.476. The molecular formula is C16H20N4O. The zero-order valence-corrected chi connectivity index (χ0v) is 12.1. The average molecular weight is 284 g/mol. The van der Waals surface area contributed by atoms with Crippen LogP contribution in [0.5, 0.6) is 0 Å². The second-order valence-electron chi connectivity index (χ2n) is 5.09. The highest BCUT2D eigenvalue weighted by atomic mass is 16.2. The Labute approximate surface area is 124 Å². The molecule has 3 N–H and O–H groups in total. The second kappa shape index (κ2) is 7.52. The van der Waals surface area contributed by atoms with Crippen LogP contribution in [0.25, 0.3) is 0 Å². The summed E-state index contributed by atoms with van der Waals surface area (Å²) in [4.78, 5) is 17.5. The van der Waals surface area contributed by atoms with Crippen LogP contribution in [0, 0.1) is 0 Å². The van der Waals surface area contributed by atoms with Crippen LogP contribution in [0.4, 0.5) is 0 Å². The summed E-state index contributed by atoms with van der Waals surface area (Å²) < 4.78 is 0. The second-order valence-corrected chi connectivity index (χ2v) is 5.09. The van der Waals surface area contributed by atoms with Crippen LogP contribution in [0.3, 0.4) is 0 Å². The van der Waals surface area contributed by atoms with Crippen LogP contribution in [0.1, 0.15) is 16.7 Å². The predicted molar refractivity (Wildman–Crippen MR) is 81.9 cm³/mol. The molecule has 1 heterocycles. The van der Waals surface area contributed by atoms with Crippen molar-refractivity contribution in [3.05, 3.63) is 65.5 Å². The molecule has 0 bridgehead atoms. The SMILES string of the molecule is CN(Cc1ccc(CC(=O)NN)cc1)Cc1cccnc1. The minimum atomic E-state index is -0.184. The molecule has 0 aliphatic heterocycles. The molecule has 0 fully saturated rings. The maximum atomic E-state index is 11.2. The van der Waals surface area contributed by atoms with Crippen LogP contribution in [-0.2, 0) is 24.3 Å². The van der Waals surface area contributed by atoms with Gasteiger partial charge in [-0.1, -0.05) is 30.3 Å². The Bertz CT molecular complexity index is 569. The van der Waals surface area contributed by atoms with Gasteiger partial charge in [-0.25, -0.2) is 5.84 Å². The van der Waals surface area contributed by atoms with Gasteiger partial charge in [0.15, 0.2) is 0 Å². The summed E-state index contributed by atoms with van der Waals surface area (Å²) in [6.45, 7) is 1.70. The van der Waals surface area contributed by atoms with Crippen molar-refractivity contribution in [3.8, 4) is 0 Å². The molecular weight excluding hydrogens is 264 g/mol. The highest BCUT2D eigenvalue weighted by Crippen LogP contribution is 2.09. The summed E-state index contributed by atoms with van der Waals surface area (Å²) in [5.41, 5.74) is 5.49. The number of nitrogens with two attached hydrogens (primary N) is 1. The topological polar surface area (TPSA) is 71.2 Å². The van der Waals surface area contributed by atoms with E-state index < -0.39 is 0 Å². The average Bonchev–Trinajstić information content (AvgIpc) is 2.50. The summed E-state index contributed by atoms with van der Waals surface area (Å²) in [6, 6.07) is 12.0. The molecule has 0 unspecified atom stereocenters. The molecule has 0 atom stereocenters. The summed E-state index contributed by atoms with van der Waals surface area (Å²) in [5.74, 6) is 4.89. The first kappa shape index (κ1) is 15.2. The summed E-state index contributed by atoms with van der Waals surface area (Å²) in [7, 11) is 2.07.